The summed E-state index contributed by atoms with van der Waals surface area (Å²) < 4.78 is 14.7. The highest BCUT2D eigenvalue weighted by atomic mass is 19.1. The van der Waals surface area contributed by atoms with Crippen LogP contribution < -0.4 is 5.32 Å². The molecule has 2 rings (SSSR count). The zero-order chi connectivity index (χ0) is 13.0. The van der Waals surface area contributed by atoms with Gasteiger partial charge in [0.1, 0.15) is 5.82 Å². The van der Waals surface area contributed by atoms with E-state index in [2.05, 4.69) is 10.4 Å². The molecule has 0 fully saturated rings. The molecule has 1 aromatic carbocycles. The highest BCUT2D eigenvalue weighted by Crippen LogP contribution is 2.20. The summed E-state index contributed by atoms with van der Waals surface area (Å²) in [7, 11) is 3.84. The van der Waals surface area contributed by atoms with Gasteiger partial charge in [-0.15, -0.1) is 0 Å². The number of halogens is 1. The second kappa shape index (κ2) is 5.78. The summed E-state index contributed by atoms with van der Waals surface area (Å²) in [5.74, 6) is 0.142. The highest BCUT2D eigenvalue weighted by Gasteiger charge is 2.12. The quantitative estimate of drug-likeness (QED) is 0.877. The van der Waals surface area contributed by atoms with Crippen molar-refractivity contribution in [3.05, 3.63) is 53.6 Å². The van der Waals surface area contributed by atoms with E-state index in [0.29, 0.717) is 5.92 Å². The Morgan fingerprint density at radius 3 is 2.61 bits per heavy atom. The number of aryl methyl sites for hydroxylation is 1. The molecule has 0 amide bonds. The van der Waals surface area contributed by atoms with Gasteiger partial charge in [0.2, 0.25) is 0 Å². The second-order valence-electron chi connectivity index (χ2n) is 4.53. The lowest BCUT2D eigenvalue weighted by atomic mass is 9.93. The Bertz CT molecular complexity index is 490. The van der Waals surface area contributed by atoms with Gasteiger partial charge < -0.3 is 5.32 Å². The van der Waals surface area contributed by atoms with Crippen LogP contribution in [0.25, 0.3) is 0 Å². The lowest BCUT2D eigenvalue weighted by Crippen LogP contribution is -2.19. The van der Waals surface area contributed by atoms with Gasteiger partial charge in [-0.3, -0.25) is 4.68 Å². The van der Waals surface area contributed by atoms with Crippen molar-refractivity contribution in [1.29, 1.82) is 0 Å². The highest BCUT2D eigenvalue weighted by molar-refractivity contribution is 5.23. The number of hydrogen-bond donors (Lipinski definition) is 1. The summed E-state index contributed by atoms with van der Waals surface area (Å²) in [5.41, 5.74) is 2.34. The molecule has 1 unspecified atom stereocenters. The minimum Gasteiger partial charge on any atom is -0.319 e. The summed E-state index contributed by atoms with van der Waals surface area (Å²) in [4.78, 5) is 0. The summed E-state index contributed by atoms with van der Waals surface area (Å²) in [6, 6.07) is 6.74. The van der Waals surface area contributed by atoms with Crippen molar-refractivity contribution in [2.45, 2.75) is 12.3 Å². The smallest absolute Gasteiger partial charge is 0.123 e. The minimum absolute atomic E-state index is 0.191. The van der Waals surface area contributed by atoms with E-state index >= 15 is 0 Å². The lowest BCUT2D eigenvalue weighted by molar-refractivity contribution is 0.611. The zero-order valence-corrected chi connectivity index (χ0v) is 10.7. The Morgan fingerprint density at radius 1 is 1.33 bits per heavy atom. The predicted octanol–water partition coefficient (Wildman–Crippen LogP) is 2.10. The molecule has 1 N–H and O–H groups in total. The molecular weight excluding hydrogens is 229 g/mol. The summed E-state index contributed by atoms with van der Waals surface area (Å²) in [5, 5.41) is 7.36. The molecule has 4 heteroatoms. The van der Waals surface area contributed by atoms with Crippen LogP contribution in [0, 0.1) is 5.82 Å². The van der Waals surface area contributed by atoms with Gasteiger partial charge in [-0.2, -0.15) is 5.10 Å². The van der Waals surface area contributed by atoms with E-state index in [-0.39, 0.29) is 5.82 Å². The Labute approximate surface area is 107 Å². The van der Waals surface area contributed by atoms with E-state index in [9.17, 15) is 4.39 Å². The van der Waals surface area contributed by atoms with Crippen molar-refractivity contribution < 1.29 is 4.39 Å². The van der Waals surface area contributed by atoms with Crippen molar-refractivity contribution in [1.82, 2.24) is 15.1 Å². The Kier molecular flexibility index (Phi) is 4.10. The maximum Gasteiger partial charge on any atom is 0.123 e. The zero-order valence-electron chi connectivity index (χ0n) is 10.7. The van der Waals surface area contributed by atoms with Gasteiger partial charge in [0.25, 0.3) is 0 Å². The fourth-order valence-electron chi connectivity index (χ4n) is 2.15. The topological polar surface area (TPSA) is 29.9 Å². The van der Waals surface area contributed by atoms with E-state index < -0.39 is 0 Å². The molecule has 1 atom stereocenters. The first-order valence-electron chi connectivity index (χ1n) is 6.06. The number of aromatic nitrogens is 2. The number of likely N-dealkylation sites (N-methyl/N-ethyl adjacent to an activating group) is 1. The number of benzene rings is 1. The fourth-order valence-corrected chi connectivity index (χ4v) is 2.15. The Hall–Kier alpha value is -1.68. The molecule has 0 saturated heterocycles. The van der Waals surface area contributed by atoms with Crippen molar-refractivity contribution in [3.8, 4) is 0 Å². The standard InChI is InChI=1S/C14H18FN3/c1-16-9-13(7-11-8-17-18(2)10-11)12-3-5-14(15)6-4-12/h3-6,8,10,13,16H,7,9H2,1-2H3. The van der Waals surface area contributed by atoms with Gasteiger partial charge in [-0.1, -0.05) is 12.1 Å². The number of nitrogens with one attached hydrogen (secondary N) is 1. The van der Waals surface area contributed by atoms with Crippen LogP contribution in [0.3, 0.4) is 0 Å². The van der Waals surface area contributed by atoms with Crippen molar-refractivity contribution in [3.63, 3.8) is 0 Å². The average Bonchev–Trinajstić information content (AvgIpc) is 2.75. The van der Waals surface area contributed by atoms with E-state index in [0.717, 1.165) is 18.5 Å². The molecule has 2 aromatic rings. The van der Waals surface area contributed by atoms with E-state index in [4.69, 9.17) is 0 Å². The van der Waals surface area contributed by atoms with Crippen LogP contribution >= 0.6 is 0 Å². The first kappa shape index (κ1) is 12.8. The molecule has 1 aromatic heterocycles. The van der Waals surface area contributed by atoms with Crippen molar-refractivity contribution in [2.24, 2.45) is 7.05 Å². The van der Waals surface area contributed by atoms with E-state index in [1.807, 2.05) is 38.6 Å². The van der Waals surface area contributed by atoms with Crippen LogP contribution in [0.5, 0.6) is 0 Å². The van der Waals surface area contributed by atoms with Crippen molar-refractivity contribution in [2.75, 3.05) is 13.6 Å². The maximum atomic E-state index is 12.9. The normalized spacial score (nSPS) is 12.6. The molecule has 0 aliphatic carbocycles. The molecule has 18 heavy (non-hydrogen) atoms. The molecular formula is C14H18FN3. The molecule has 96 valence electrons. The first-order chi connectivity index (χ1) is 8.69. The van der Waals surface area contributed by atoms with Crippen LogP contribution in [0.1, 0.15) is 17.0 Å². The largest absolute Gasteiger partial charge is 0.319 e. The number of hydrogen-bond acceptors (Lipinski definition) is 2. The summed E-state index contributed by atoms with van der Waals surface area (Å²) >= 11 is 0. The fraction of sp³-hybridized carbons (Fsp3) is 0.357. The van der Waals surface area contributed by atoms with Crippen LogP contribution in [0.15, 0.2) is 36.7 Å². The number of rotatable bonds is 5. The third-order valence-corrected chi connectivity index (χ3v) is 3.03. The van der Waals surface area contributed by atoms with E-state index in [1.165, 1.54) is 17.7 Å². The molecule has 1 heterocycles. The van der Waals surface area contributed by atoms with Crippen LogP contribution in [-0.2, 0) is 13.5 Å². The molecule has 0 bridgehead atoms. The second-order valence-corrected chi connectivity index (χ2v) is 4.53. The Balaban J connectivity index is 2.14. The van der Waals surface area contributed by atoms with Gasteiger partial charge in [0.15, 0.2) is 0 Å². The molecule has 0 spiro atoms. The van der Waals surface area contributed by atoms with Crippen LogP contribution in [-0.4, -0.2) is 23.4 Å². The summed E-state index contributed by atoms with van der Waals surface area (Å²) in [6.45, 7) is 0.862. The monoisotopic (exact) mass is 247 g/mol. The van der Waals surface area contributed by atoms with E-state index in [1.54, 1.807) is 4.68 Å². The molecule has 0 aliphatic heterocycles. The van der Waals surface area contributed by atoms with Gasteiger partial charge in [0, 0.05) is 25.7 Å². The first-order valence-corrected chi connectivity index (χ1v) is 6.06. The van der Waals surface area contributed by atoms with Crippen LogP contribution in [0.2, 0.25) is 0 Å². The maximum absolute atomic E-state index is 12.9. The van der Waals surface area contributed by atoms with Gasteiger partial charge in [-0.05, 0) is 36.7 Å². The van der Waals surface area contributed by atoms with Gasteiger partial charge >= 0.3 is 0 Å². The van der Waals surface area contributed by atoms with Gasteiger partial charge in [0.05, 0.1) is 6.20 Å². The average molecular weight is 247 g/mol. The molecule has 3 nitrogen and oxygen atoms in total. The number of nitrogens with zero attached hydrogens (tertiary/aromatic N) is 2. The SMILES string of the molecule is CNCC(Cc1cnn(C)c1)c1ccc(F)cc1. The third kappa shape index (κ3) is 3.17. The van der Waals surface area contributed by atoms with Crippen LogP contribution in [0.4, 0.5) is 4.39 Å². The molecule has 0 saturated carbocycles. The predicted molar refractivity (Wildman–Crippen MR) is 70.0 cm³/mol. The summed E-state index contributed by atoms with van der Waals surface area (Å²) in [6.07, 6.45) is 4.80. The van der Waals surface area contributed by atoms with Crippen molar-refractivity contribution >= 4 is 0 Å². The minimum atomic E-state index is -0.191. The Morgan fingerprint density at radius 2 is 2.06 bits per heavy atom. The lowest BCUT2D eigenvalue weighted by Gasteiger charge is -2.16. The molecule has 0 aliphatic rings. The van der Waals surface area contributed by atoms with Gasteiger partial charge in [-0.25, -0.2) is 4.39 Å². The molecule has 0 radical (unpaired) electrons. The third-order valence-electron chi connectivity index (χ3n) is 3.03.